The topological polar surface area (TPSA) is 76.5 Å². The molecule has 0 unspecified atom stereocenters. The molecule has 1 heterocycles. The van der Waals surface area contributed by atoms with Crippen LogP contribution >= 0.6 is 0 Å². The van der Waals surface area contributed by atoms with Gasteiger partial charge in [-0.3, -0.25) is 9.78 Å². The molecule has 0 aliphatic carbocycles. The normalized spacial score (nSPS) is 11.6. The quantitative estimate of drug-likeness (QED) is 0.370. The van der Waals surface area contributed by atoms with E-state index in [0.717, 1.165) is 0 Å². The zero-order chi connectivity index (χ0) is 12.8. The van der Waals surface area contributed by atoms with Gasteiger partial charge in [0.05, 0.1) is 6.61 Å². The molecule has 0 aromatic carbocycles. The van der Waals surface area contributed by atoms with E-state index >= 15 is 0 Å². The minimum atomic E-state index is -0.972. The van der Waals surface area contributed by atoms with E-state index in [1.165, 1.54) is 13.1 Å². The maximum atomic E-state index is 11.5. The molecular formula is C12H13NO4. The van der Waals surface area contributed by atoms with Gasteiger partial charge in [-0.25, -0.2) is 4.79 Å². The highest BCUT2D eigenvalue weighted by Crippen LogP contribution is 2.15. The van der Waals surface area contributed by atoms with Crippen molar-refractivity contribution in [2.24, 2.45) is 0 Å². The first-order chi connectivity index (χ1) is 8.07. The molecule has 1 N–H and O–H groups in total. The molecule has 0 amide bonds. The SMILES string of the molecule is CCOC(=O)C(=O)C(C)=C(O)c1cccnc1. The molecule has 0 aliphatic rings. The third kappa shape index (κ3) is 3.14. The molecule has 0 aliphatic heterocycles. The zero-order valence-corrected chi connectivity index (χ0v) is 9.64. The molecule has 90 valence electrons. The van der Waals surface area contributed by atoms with Crippen LogP contribution in [0.1, 0.15) is 19.4 Å². The Morgan fingerprint density at radius 2 is 2.18 bits per heavy atom. The molecular weight excluding hydrogens is 222 g/mol. The van der Waals surface area contributed by atoms with Gasteiger partial charge in [0, 0.05) is 23.5 Å². The number of pyridine rings is 1. The summed E-state index contributed by atoms with van der Waals surface area (Å²) in [6.45, 7) is 3.08. The van der Waals surface area contributed by atoms with Crippen molar-refractivity contribution in [3.63, 3.8) is 0 Å². The lowest BCUT2D eigenvalue weighted by Gasteiger charge is -2.05. The number of carbonyl (C=O) groups excluding carboxylic acids is 2. The molecule has 1 rings (SSSR count). The Hall–Kier alpha value is -2.17. The third-order valence-corrected chi connectivity index (χ3v) is 2.09. The maximum absolute atomic E-state index is 11.5. The number of hydrogen-bond acceptors (Lipinski definition) is 5. The zero-order valence-electron chi connectivity index (χ0n) is 9.64. The summed E-state index contributed by atoms with van der Waals surface area (Å²) in [6, 6.07) is 3.21. The lowest BCUT2D eigenvalue weighted by molar-refractivity contribution is -0.151. The van der Waals surface area contributed by atoms with Gasteiger partial charge in [0.2, 0.25) is 0 Å². The van der Waals surface area contributed by atoms with Gasteiger partial charge in [-0.05, 0) is 26.0 Å². The summed E-state index contributed by atoms with van der Waals surface area (Å²) in [6.07, 6.45) is 2.94. The van der Waals surface area contributed by atoms with Crippen LogP contribution in [-0.2, 0) is 14.3 Å². The molecule has 1 aromatic rings. The van der Waals surface area contributed by atoms with Crippen molar-refractivity contribution >= 4 is 17.5 Å². The summed E-state index contributed by atoms with van der Waals surface area (Å²) in [5.74, 6) is -2.09. The van der Waals surface area contributed by atoms with E-state index in [9.17, 15) is 14.7 Å². The minimum absolute atomic E-state index is 0.0588. The molecule has 0 bridgehead atoms. The third-order valence-electron chi connectivity index (χ3n) is 2.09. The molecule has 5 nitrogen and oxygen atoms in total. The summed E-state index contributed by atoms with van der Waals surface area (Å²) in [5.41, 5.74) is 0.319. The first kappa shape index (κ1) is 12.9. The van der Waals surface area contributed by atoms with Crippen LogP contribution in [-0.4, -0.2) is 28.4 Å². The Balaban J connectivity index is 2.98. The van der Waals surface area contributed by atoms with Crippen LogP contribution in [0, 0.1) is 0 Å². The van der Waals surface area contributed by atoms with Gasteiger partial charge < -0.3 is 9.84 Å². The first-order valence-electron chi connectivity index (χ1n) is 5.09. The number of aliphatic hydroxyl groups is 1. The van der Waals surface area contributed by atoms with Crippen molar-refractivity contribution in [1.82, 2.24) is 4.98 Å². The number of nitrogens with zero attached hydrogens (tertiary/aromatic N) is 1. The van der Waals surface area contributed by atoms with Crippen LogP contribution in [0.25, 0.3) is 5.76 Å². The van der Waals surface area contributed by atoms with Crippen LogP contribution in [0.5, 0.6) is 0 Å². The number of Topliss-reactive ketones (excluding diaryl/α,β-unsaturated/α-hetero) is 1. The van der Waals surface area contributed by atoms with Crippen LogP contribution in [0.4, 0.5) is 0 Å². The number of aliphatic hydroxyl groups excluding tert-OH is 1. The molecule has 5 heteroatoms. The Morgan fingerprint density at radius 3 is 2.71 bits per heavy atom. The van der Waals surface area contributed by atoms with Crippen LogP contribution in [0.2, 0.25) is 0 Å². The number of carbonyl (C=O) groups is 2. The summed E-state index contributed by atoms with van der Waals surface area (Å²) in [7, 11) is 0. The second-order valence-electron chi connectivity index (χ2n) is 3.26. The van der Waals surface area contributed by atoms with Crippen molar-refractivity contribution in [3.8, 4) is 0 Å². The van der Waals surface area contributed by atoms with Gasteiger partial charge in [-0.1, -0.05) is 0 Å². The molecule has 1 aromatic heterocycles. The fraction of sp³-hybridized carbons (Fsp3) is 0.250. The molecule has 0 atom stereocenters. The van der Waals surface area contributed by atoms with E-state index in [1.54, 1.807) is 25.3 Å². The van der Waals surface area contributed by atoms with Gasteiger partial charge in [0.1, 0.15) is 5.76 Å². The number of aromatic nitrogens is 1. The Bertz CT molecular complexity index is 451. The van der Waals surface area contributed by atoms with Crippen LogP contribution in [0.3, 0.4) is 0 Å². The molecule has 0 saturated heterocycles. The number of ketones is 1. The maximum Gasteiger partial charge on any atom is 0.379 e. The number of ether oxygens (including phenoxy) is 1. The average molecular weight is 235 g/mol. The van der Waals surface area contributed by atoms with E-state index < -0.39 is 11.8 Å². The van der Waals surface area contributed by atoms with Crippen LogP contribution in [0.15, 0.2) is 30.1 Å². The highest BCUT2D eigenvalue weighted by molar-refractivity contribution is 6.41. The van der Waals surface area contributed by atoms with E-state index in [-0.39, 0.29) is 17.9 Å². The average Bonchev–Trinajstić information content (AvgIpc) is 2.37. The van der Waals surface area contributed by atoms with Gasteiger partial charge in [0.15, 0.2) is 0 Å². The predicted molar refractivity (Wildman–Crippen MR) is 61.1 cm³/mol. The van der Waals surface area contributed by atoms with Crippen molar-refractivity contribution in [2.45, 2.75) is 13.8 Å². The molecule has 17 heavy (non-hydrogen) atoms. The van der Waals surface area contributed by atoms with Gasteiger partial charge in [-0.2, -0.15) is 0 Å². The molecule has 0 spiro atoms. The summed E-state index contributed by atoms with van der Waals surface area (Å²) < 4.78 is 4.56. The van der Waals surface area contributed by atoms with Gasteiger partial charge in [-0.15, -0.1) is 0 Å². The highest BCUT2D eigenvalue weighted by atomic mass is 16.5. The lowest BCUT2D eigenvalue weighted by Crippen LogP contribution is -2.19. The highest BCUT2D eigenvalue weighted by Gasteiger charge is 2.20. The first-order valence-corrected chi connectivity index (χ1v) is 5.09. The summed E-state index contributed by atoms with van der Waals surface area (Å²) in [4.78, 5) is 26.5. The summed E-state index contributed by atoms with van der Waals surface area (Å²) in [5, 5.41) is 9.79. The van der Waals surface area contributed by atoms with Crippen molar-refractivity contribution in [1.29, 1.82) is 0 Å². The van der Waals surface area contributed by atoms with Crippen molar-refractivity contribution in [3.05, 3.63) is 35.7 Å². The van der Waals surface area contributed by atoms with Gasteiger partial charge in [0.25, 0.3) is 5.78 Å². The predicted octanol–water partition coefficient (Wildman–Crippen LogP) is 1.50. The summed E-state index contributed by atoms with van der Waals surface area (Å²) >= 11 is 0. The fourth-order valence-electron chi connectivity index (χ4n) is 1.18. The van der Waals surface area contributed by atoms with E-state index in [0.29, 0.717) is 5.56 Å². The number of rotatable bonds is 4. The Kier molecular flexibility index (Phi) is 4.39. The van der Waals surface area contributed by atoms with Crippen molar-refractivity contribution in [2.75, 3.05) is 6.61 Å². The van der Waals surface area contributed by atoms with E-state index in [4.69, 9.17) is 0 Å². The second kappa shape index (κ2) is 5.79. The van der Waals surface area contributed by atoms with E-state index in [2.05, 4.69) is 9.72 Å². The molecule has 0 radical (unpaired) electrons. The van der Waals surface area contributed by atoms with Crippen LogP contribution < -0.4 is 0 Å². The Labute approximate surface area is 98.7 Å². The number of hydrogen-bond donors (Lipinski definition) is 1. The largest absolute Gasteiger partial charge is 0.507 e. The fourth-order valence-corrected chi connectivity index (χ4v) is 1.18. The molecule has 0 fully saturated rings. The monoisotopic (exact) mass is 235 g/mol. The second-order valence-corrected chi connectivity index (χ2v) is 3.26. The smallest absolute Gasteiger partial charge is 0.379 e. The standard InChI is InChI=1S/C12H13NO4/c1-3-17-12(16)11(15)8(2)10(14)9-5-4-6-13-7-9/h4-7,14H,3H2,1-2H3. The van der Waals surface area contributed by atoms with Gasteiger partial charge >= 0.3 is 5.97 Å². The van der Waals surface area contributed by atoms with E-state index in [1.807, 2.05) is 0 Å². The lowest BCUT2D eigenvalue weighted by atomic mass is 10.1. The molecule has 0 saturated carbocycles. The van der Waals surface area contributed by atoms with Crippen molar-refractivity contribution < 1.29 is 19.4 Å². The number of esters is 1. The minimum Gasteiger partial charge on any atom is -0.507 e. The Morgan fingerprint density at radius 1 is 1.47 bits per heavy atom.